The van der Waals surface area contributed by atoms with E-state index in [0.29, 0.717) is 0 Å². The molecule has 1 atom stereocenters. The average Bonchev–Trinajstić information content (AvgIpc) is 2.30. The molecule has 0 spiro atoms. The van der Waals surface area contributed by atoms with Gasteiger partial charge in [-0.25, -0.2) is 8.78 Å². The molecule has 1 saturated heterocycles. The third-order valence-electron chi connectivity index (χ3n) is 2.52. The zero-order valence-electron chi connectivity index (χ0n) is 9.41. The molecule has 1 aliphatic heterocycles. The van der Waals surface area contributed by atoms with E-state index in [1.165, 1.54) is 0 Å². The van der Waals surface area contributed by atoms with E-state index >= 15 is 0 Å². The Hall–Kier alpha value is -1.87. The van der Waals surface area contributed by atoms with Crippen LogP contribution in [0.2, 0.25) is 0 Å². The Morgan fingerprint density at radius 1 is 1.47 bits per heavy atom. The number of aliphatic carboxylic acids is 1. The number of rotatable bonds is 4. The monoisotopic (exact) mass is 286 g/mol. The highest BCUT2D eigenvalue weighted by molar-refractivity contribution is 5.93. The maximum Gasteiger partial charge on any atom is 0.383 e. The van der Waals surface area contributed by atoms with Gasteiger partial charge in [-0.2, -0.15) is 8.78 Å². The molecule has 0 aromatic carbocycles. The van der Waals surface area contributed by atoms with Crippen molar-refractivity contribution in [3.63, 3.8) is 0 Å². The fourth-order valence-electron chi connectivity index (χ4n) is 1.61. The number of carboxylic acid groups (broad SMARTS) is 1. The van der Waals surface area contributed by atoms with Gasteiger partial charge in [-0.05, 0) is 0 Å². The van der Waals surface area contributed by atoms with Gasteiger partial charge in [0.05, 0.1) is 6.42 Å². The average molecular weight is 286 g/mol. The summed E-state index contributed by atoms with van der Waals surface area (Å²) in [5.41, 5.74) is 0. The number of carbonyl (C=O) groups excluding carboxylic acids is 2. The number of halogens is 4. The van der Waals surface area contributed by atoms with Crippen LogP contribution in [0.4, 0.5) is 17.6 Å². The Balaban J connectivity index is 2.97. The van der Waals surface area contributed by atoms with Gasteiger partial charge in [0, 0.05) is 13.1 Å². The number of alkyl halides is 4. The SMILES string of the molecule is O=C(O)CC1C(=O)NCCN1C(=O)C(F)(F)C(F)F. The van der Waals surface area contributed by atoms with Gasteiger partial charge in [0.15, 0.2) is 0 Å². The van der Waals surface area contributed by atoms with Gasteiger partial charge in [0.1, 0.15) is 6.04 Å². The molecule has 0 radical (unpaired) electrons. The maximum absolute atomic E-state index is 12.9. The fourth-order valence-corrected chi connectivity index (χ4v) is 1.61. The van der Waals surface area contributed by atoms with Crippen molar-refractivity contribution in [1.29, 1.82) is 0 Å². The largest absolute Gasteiger partial charge is 0.481 e. The standard InChI is InChI=1S/C9H10F4N2O4/c10-7(11)9(12,13)8(19)15-2-1-14-6(18)4(15)3-5(16)17/h4,7H,1-3H2,(H,14,18)(H,16,17). The van der Waals surface area contributed by atoms with E-state index in [9.17, 15) is 31.9 Å². The van der Waals surface area contributed by atoms with Gasteiger partial charge in [0.25, 0.3) is 5.91 Å². The summed E-state index contributed by atoms with van der Waals surface area (Å²) in [4.78, 5) is 33.4. The summed E-state index contributed by atoms with van der Waals surface area (Å²) in [7, 11) is 0. The molecular weight excluding hydrogens is 276 g/mol. The van der Waals surface area contributed by atoms with Crippen LogP contribution in [0.3, 0.4) is 0 Å². The lowest BCUT2D eigenvalue weighted by molar-refractivity contribution is -0.185. The number of carboxylic acids is 1. The number of carbonyl (C=O) groups is 3. The molecule has 2 amide bonds. The molecular formula is C9H10F4N2O4. The van der Waals surface area contributed by atoms with Crippen molar-refractivity contribution in [2.45, 2.75) is 24.8 Å². The normalized spacial score (nSPS) is 20.4. The van der Waals surface area contributed by atoms with Crippen LogP contribution in [0, 0.1) is 0 Å². The first kappa shape index (κ1) is 15.2. The molecule has 1 unspecified atom stereocenters. The smallest absolute Gasteiger partial charge is 0.383 e. The van der Waals surface area contributed by atoms with Crippen LogP contribution in [0.15, 0.2) is 0 Å². The van der Waals surface area contributed by atoms with Gasteiger partial charge in [-0.15, -0.1) is 0 Å². The molecule has 0 aromatic heterocycles. The predicted molar refractivity (Wildman–Crippen MR) is 51.7 cm³/mol. The van der Waals surface area contributed by atoms with Crippen molar-refractivity contribution >= 4 is 17.8 Å². The summed E-state index contributed by atoms with van der Waals surface area (Å²) in [6.45, 7) is -0.662. The number of hydrogen-bond donors (Lipinski definition) is 2. The molecule has 1 rings (SSSR count). The topological polar surface area (TPSA) is 86.7 Å². The number of nitrogens with one attached hydrogen (secondary N) is 1. The second kappa shape index (κ2) is 5.41. The molecule has 0 aromatic rings. The van der Waals surface area contributed by atoms with Gasteiger partial charge in [0.2, 0.25) is 5.91 Å². The van der Waals surface area contributed by atoms with E-state index in [1.807, 2.05) is 0 Å². The van der Waals surface area contributed by atoms with Crippen molar-refractivity contribution in [3.05, 3.63) is 0 Å². The van der Waals surface area contributed by atoms with E-state index in [-0.39, 0.29) is 11.4 Å². The minimum atomic E-state index is -4.95. The Morgan fingerprint density at radius 3 is 2.53 bits per heavy atom. The van der Waals surface area contributed by atoms with Crippen molar-refractivity contribution in [1.82, 2.24) is 10.2 Å². The molecule has 0 aliphatic carbocycles. The quantitative estimate of drug-likeness (QED) is 0.694. The zero-order valence-corrected chi connectivity index (χ0v) is 9.41. The second-order valence-corrected chi connectivity index (χ2v) is 3.83. The first-order chi connectivity index (χ1) is 8.67. The molecule has 1 fully saturated rings. The second-order valence-electron chi connectivity index (χ2n) is 3.83. The lowest BCUT2D eigenvalue weighted by Crippen LogP contribution is -2.61. The van der Waals surface area contributed by atoms with Crippen LogP contribution in [-0.4, -0.2) is 59.3 Å². The summed E-state index contributed by atoms with van der Waals surface area (Å²) in [5.74, 6) is -9.68. The van der Waals surface area contributed by atoms with E-state index in [0.717, 1.165) is 0 Å². The Labute approximate surface area is 104 Å². The first-order valence-corrected chi connectivity index (χ1v) is 5.14. The van der Waals surface area contributed by atoms with E-state index in [1.54, 1.807) is 0 Å². The summed E-state index contributed by atoms with van der Waals surface area (Å²) in [5, 5.41) is 10.7. The number of amides is 2. The minimum Gasteiger partial charge on any atom is -0.481 e. The Morgan fingerprint density at radius 2 is 2.05 bits per heavy atom. The molecule has 6 nitrogen and oxygen atoms in total. The minimum absolute atomic E-state index is 0.180. The summed E-state index contributed by atoms with van der Waals surface area (Å²) in [6, 6.07) is -1.72. The van der Waals surface area contributed by atoms with Crippen LogP contribution in [0.25, 0.3) is 0 Å². The highest BCUT2D eigenvalue weighted by atomic mass is 19.3. The fraction of sp³-hybridized carbons (Fsp3) is 0.667. The van der Waals surface area contributed by atoms with Crippen molar-refractivity contribution < 1.29 is 37.1 Å². The molecule has 1 heterocycles. The van der Waals surface area contributed by atoms with Crippen molar-refractivity contribution in [3.8, 4) is 0 Å². The molecule has 0 bridgehead atoms. The lowest BCUT2D eigenvalue weighted by atomic mass is 10.1. The predicted octanol–water partition coefficient (Wildman–Crippen LogP) is -0.312. The highest BCUT2D eigenvalue weighted by Gasteiger charge is 2.53. The van der Waals surface area contributed by atoms with Gasteiger partial charge in [-0.1, -0.05) is 0 Å². The third-order valence-corrected chi connectivity index (χ3v) is 2.52. The van der Waals surface area contributed by atoms with Crippen LogP contribution >= 0.6 is 0 Å². The van der Waals surface area contributed by atoms with Crippen LogP contribution in [0.1, 0.15) is 6.42 Å². The molecule has 0 saturated carbocycles. The van der Waals surface area contributed by atoms with E-state index in [4.69, 9.17) is 5.11 Å². The summed E-state index contributed by atoms with van der Waals surface area (Å²) < 4.78 is 50.1. The molecule has 19 heavy (non-hydrogen) atoms. The summed E-state index contributed by atoms with van der Waals surface area (Å²) in [6.07, 6.45) is -5.16. The first-order valence-electron chi connectivity index (χ1n) is 5.14. The van der Waals surface area contributed by atoms with Gasteiger partial charge >= 0.3 is 18.3 Å². The Bertz CT molecular complexity index is 402. The van der Waals surface area contributed by atoms with Crippen LogP contribution in [0.5, 0.6) is 0 Å². The summed E-state index contributed by atoms with van der Waals surface area (Å²) >= 11 is 0. The third kappa shape index (κ3) is 3.12. The lowest BCUT2D eigenvalue weighted by Gasteiger charge is -2.35. The van der Waals surface area contributed by atoms with Crippen molar-refractivity contribution in [2.24, 2.45) is 0 Å². The van der Waals surface area contributed by atoms with Gasteiger partial charge < -0.3 is 15.3 Å². The highest BCUT2D eigenvalue weighted by Crippen LogP contribution is 2.27. The van der Waals surface area contributed by atoms with Crippen molar-refractivity contribution in [2.75, 3.05) is 13.1 Å². The number of hydrogen-bond acceptors (Lipinski definition) is 3. The molecule has 2 N–H and O–H groups in total. The van der Waals surface area contributed by atoms with E-state index < -0.39 is 49.1 Å². The zero-order chi connectivity index (χ0) is 14.8. The molecule has 1 aliphatic rings. The van der Waals surface area contributed by atoms with Crippen LogP contribution < -0.4 is 5.32 Å². The van der Waals surface area contributed by atoms with Gasteiger partial charge in [-0.3, -0.25) is 14.4 Å². The number of nitrogens with zero attached hydrogens (tertiary/aromatic N) is 1. The van der Waals surface area contributed by atoms with Crippen LogP contribution in [-0.2, 0) is 14.4 Å². The number of piperazine rings is 1. The maximum atomic E-state index is 12.9. The Kier molecular flexibility index (Phi) is 4.32. The molecule has 108 valence electrons. The molecule has 10 heteroatoms. The van der Waals surface area contributed by atoms with E-state index in [2.05, 4.69) is 5.32 Å².